The summed E-state index contributed by atoms with van der Waals surface area (Å²) in [4.78, 5) is 0. The van der Waals surface area contributed by atoms with Gasteiger partial charge in [-0.05, 0) is 6.42 Å². The molecule has 0 spiro atoms. The summed E-state index contributed by atoms with van der Waals surface area (Å²) in [5, 5.41) is 9.06. The molecule has 4 nitrogen and oxygen atoms in total. The van der Waals surface area contributed by atoms with Crippen molar-refractivity contribution in [2.75, 3.05) is 54.1 Å². The lowest BCUT2D eigenvalue weighted by atomic mass is 10.1. The Morgan fingerprint density at radius 2 is 1.55 bits per heavy atom. The smallest absolute Gasteiger partial charge is 0.129 e. The van der Waals surface area contributed by atoms with Crippen LogP contribution in [-0.4, -0.2) is 69.8 Å². The molecule has 134 valence electrons. The number of aliphatic hydroxyl groups is 1. The third-order valence-electron chi connectivity index (χ3n) is 4.18. The number of unbranched alkanes of at least 4 members (excludes halogenated alkanes) is 7. The molecule has 0 rings (SSSR count). The Morgan fingerprint density at radius 1 is 0.955 bits per heavy atom. The average molecular weight is 319 g/mol. The third-order valence-corrected chi connectivity index (χ3v) is 4.18. The Hall–Kier alpha value is -0.160. The fraction of sp³-hybridized carbons (Fsp3) is 1.00. The number of quaternary nitrogens is 1. The Bertz CT molecular complexity index is 234. The monoisotopic (exact) mass is 318 g/mol. The summed E-state index contributed by atoms with van der Waals surface area (Å²) in [7, 11) is 5.96. The van der Waals surface area contributed by atoms with Crippen LogP contribution in [0.5, 0.6) is 0 Å². The van der Waals surface area contributed by atoms with E-state index in [1.54, 1.807) is 7.11 Å². The van der Waals surface area contributed by atoms with Gasteiger partial charge in [0, 0.05) is 13.7 Å². The summed E-state index contributed by atoms with van der Waals surface area (Å²) in [6, 6.07) is 0. The quantitative estimate of drug-likeness (QED) is 0.351. The van der Waals surface area contributed by atoms with Crippen molar-refractivity contribution >= 4 is 0 Å². The summed E-state index contributed by atoms with van der Waals surface area (Å²) in [6.07, 6.45) is 10.7. The van der Waals surface area contributed by atoms with Gasteiger partial charge >= 0.3 is 0 Å². The molecule has 0 aliphatic rings. The predicted molar refractivity (Wildman–Crippen MR) is 93.2 cm³/mol. The van der Waals surface area contributed by atoms with E-state index in [0.717, 1.165) is 30.6 Å². The van der Waals surface area contributed by atoms with Crippen LogP contribution in [0.25, 0.3) is 0 Å². The lowest BCUT2D eigenvalue weighted by Crippen LogP contribution is -2.48. The van der Waals surface area contributed by atoms with E-state index in [1.165, 1.54) is 44.9 Å². The summed E-state index contributed by atoms with van der Waals surface area (Å²) < 4.78 is 12.0. The van der Waals surface area contributed by atoms with E-state index in [0.29, 0.717) is 6.61 Å². The van der Waals surface area contributed by atoms with Crippen LogP contribution in [0.2, 0.25) is 0 Å². The molecule has 0 aromatic rings. The SMILES string of the molecule is CCCCCCCCCCOCC(C[N+](C)(C)CCO)OC. The number of ether oxygens (including phenoxy) is 2. The van der Waals surface area contributed by atoms with Gasteiger partial charge in [-0.25, -0.2) is 0 Å². The zero-order valence-electron chi connectivity index (χ0n) is 15.5. The Labute approximate surface area is 138 Å². The van der Waals surface area contributed by atoms with E-state index >= 15 is 0 Å². The molecule has 0 heterocycles. The summed E-state index contributed by atoms with van der Waals surface area (Å²) in [6.45, 7) is 5.58. The molecule has 0 saturated carbocycles. The second kappa shape index (κ2) is 14.4. The maximum absolute atomic E-state index is 9.06. The van der Waals surface area contributed by atoms with Gasteiger partial charge in [0.05, 0.1) is 27.3 Å². The van der Waals surface area contributed by atoms with Crippen LogP contribution in [0.15, 0.2) is 0 Å². The number of rotatable bonds is 16. The second-order valence-corrected chi connectivity index (χ2v) is 6.97. The van der Waals surface area contributed by atoms with E-state index in [-0.39, 0.29) is 12.7 Å². The van der Waals surface area contributed by atoms with Crippen LogP contribution in [0.3, 0.4) is 0 Å². The molecular weight excluding hydrogens is 278 g/mol. The summed E-state index contributed by atoms with van der Waals surface area (Å²) in [5.74, 6) is 0. The fourth-order valence-corrected chi connectivity index (χ4v) is 2.66. The van der Waals surface area contributed by atoms with Crippen molar-refractivity contribution in [3.8, 4) is 0 Å². The van der Waals surface area contributed by atoms with Gasteiger partial charge in [-0.1, -0.05) is 51.9 Å². The van der Waals surface area contributed by atoms with Crippen molar-refractivity contribution in [2.45, 2.75) is 64.4 Å². The highest BCUT2D eigenvalue weighted by atomic mass is 16.5. The van der Waals surface area contributed by atoms with Gasteiger partial charge in [0.15, 0.2) is 0 Å². The van der Waals surface area contributed by atoms with Crippen LogP contribution in [0, 0.1) is 0 Å². The molecule has 1 atom stereocenters. The maximum atomic E-state index is 9.06. The molecule has 0 bridgehead atoms. The molecule has 0 amide bonds. The van der Waals surface area contributed by atoms with Crippen molar-refractivity contribution in [2.24, 2.45) is 0 Å². The number of hydrogen-bond acceptors (Lipinski definition) is 3. The van der Waals surface area contributed by atoms with E-state index in [4.69, 9.17) is 14.6 Å². The van der Waals surface area contributed by atoms with Gasteiger partial charge in [-0.15, -0.1) is 0 Å². The second-order valence-electron chi connectivity index (χ2n) is 6.97. The highest BCUT2D eigenvalue weighted by molar-refractivity contribution is 4.55. The zero-order valence-corrected chi connectivity index (χ0v) is 15.5. The number of hydrogen-bond donors (Lipinski definition) is 1. The van der Waals surface area contributed by atoms with Gasteiger partial charge in [0.2, 0.25) is 0 Å². The average Bonchev–Trinajstić information content (AvgIpc) is 2.47. The summed E-state index contributed by atoms with van der Waals surface area (Å²) in [5.41, 5.74) is 0. The topological polar surface area (TPSA) is 38.7 Å². The Kier molecular flexibility index (Phi) is 14.3. The van der Waals surface area contributed by atoms with Gasteiger partial charge in [0.25, 0.3) is 0 Å². The van der Waals surface area contributed by atoms with Gasteiger partial charge in [0.1, 0.15) is 19.2 Å². The highest BCUT2D eigenvalue weighted by Gasteiger charge is 2.21. The van der Waals surface area contributed by atoms with Crippen molar-refractivity contribution in [1.29, 1.82) is 0 Å². The molecule has 1 N–H and O–H groups in total. The van der Waals surface area contributed by atoms with Gasteiger partial charge in [-0.2, -0.15) is 0 Å². The van der Waals surface area contributed by atoms with E-state index < -0.39 is 0 Å². The Morgan fingerprint density at radius 3 is 2.09 bits per heavy atom. The Balaban J connectivity index is 3.51. The van der Waals surface area contributed by atoms with Crippen LogP contribution >= 0.6 is 0 Å². The largest absolute Gasteiger partial charge is 0.391 e. The molecule has 0 aromatic carbocycles. The lowest BCUT2D eigenvalue weighted by molar-refractivity contribution is -0.893. The maximum Gasteiger partial charge on any atom is 0.129 e. The van der Waals surface area contributed by atoms with E-state index in [9.17, 15) is 0 Å². The zero-order chi connectivity index (χ0) is 16.7. The minimum Gasteiger partial charge on any atom is -0.391 e. The van der Waals surface area contributed by atoms with Crippen LogP contribution in [0.4, 0.5) is 0 Å². The van der Waals surface area contributed by atoms with E-state index in [2.05, 4.69) is 21.0 Å². The molecular formula is C18H40NO3+. The molecule has 0 radical (unpaired) electrons. The molecule has 0 saturated heterocycles. The molecule has 22 heavy (non-hydrogen) atoms. The number of nitrogens with zero attached hydrogens (tertiary/aromatic N) is 1. The standard InChI is InChI=1S/C18H40NO3/c1-5-6-7-8-9-10-11-12-15-22-17-18(21-4)16-19(2,3)13-14-20/h18,20H,5-17H2,1-4H3/q+1. The first-order valence-corrected chi connectivity index (χ1v) is 9.09. The minimum absolute atomic E-state index is 0.107. The fourth-order valence-electron chi connectivity index (χ4n) is 2.66. The van der Waals surface area contributed by atoms with Crippen molar-refractivity contribution < 1.29 is 19.1 Å². The number of methoxy groups -OCH3 is 1. The third kappa shape index (κ3) is 13.5. The minimum atomic E-state index is 0.107. The molecule has 0 aliphatic carbocycles. The predicted octanol–water partition coefficient (Wildman–Crippen LogP) is 3.23. The van der Waals surface area contributed by atoms with Crippen molar-refractivity contribution in [1.82, 2.24) is 0 Å². The first-order chi connectivity index (χ1) is 10.6. The normalized spacial score (nSPS) is 13.5. The van der Waals surface area contributed by atoms with Gasteiger partial charge < -0.3 is 19.1 Å². The number of likely N-dealkylation sites (N-methyl/N-ethyl adjacent to an activating group) is 1. The van der Waals surface area contributed by atoms with Crippen molar-refractivity contribution in [3.63, 3.8) is 0 Å². The molecule has 1 unspecified atom stereocenters. The number of aliphatic hydroxyl groups excluding tert-OH is 1. The van der Waals surface area contributed by atoms with Crippen LogP contribution in [0.1, 0.15) is 58.3 Å². The molecule has 0 aliphatic heterocycles. The lowest BCUT2D eigenvalue weighted by Gasteiger charge is -2.32. The molecule has 0 aromatic heterocycles. The van der Waals surface area contributed by atoms with E-state index in [1.807, 2.05) is 0 Å². The van der Waals surface area contributed by atoms with Crippen LogP contribution in [-0.2, 0) is 9.47 Å². The molecule has 0 fully saturated rings. The summed E-state index contributed by atoms with van der Waals surface area (Å²) >= 11 is 0. The van der Waals surface area contributed by atoms with Crippen LogP contribution < -0.4 is 0 Å². The highest BCUT2D eigenvalue weighted by Crippen LogP contribution is 2.09. The van der Waals surface area contributed by atoms with Gasteiger partial charge in [-0.3, -0.25) is 0 Å². The van der Waals surface area contributed by atoms with Crippen molar-refractivity contribution in [3.05, 3.63) is 0 Å². The first-order valence-electron chi connectivity index (χ1n) is 9.09. The molecule has 4 heteroatoms. The first kappa shape index (κ1) is 21.8.